The summed E-state index contributed by atoms with van der Waals surface area (Å²) in [5.74, 6) is 1.18. The van der Waals surface area contributed by atoms with Crippen LogP contribution in [0.5, 0.6) is 0 Å². The highest BCUT2D eigenvalue weighted by Gasteiger charge is 2.15. The third-order valence-electron chi connectivity index (χ3n) is 2.56. The van der Waals surface area contributed by atoms with Crippen molar-refractivity contribution < 1.29 is 0 Å². The number of rotatable bonds is 4. The van der Waals surface area contributed by atoms with Gasteiger partial charge in [0.1, 0.15) is 6.54 Å². The molecule has 0 fully saturated rings. The molecule has 0 aromatic carbocycles. The van der Waals surface area contributed by atoms with Crippen molar-refractivity contribution in [2.24, 2.45) is 5.92 Å². The van der Waals surface area contributed by atoms with Crippen LogP contribution in [0.2, 0.25) is 0 Å². The second kappa shape index (κ2) is 4.80. The fourth-order valence-electron chi connectivity index (χ4n) is 1.82. The van der Waals surface area contributed by atoms with E-state index in [-0.39, 0.29) is 0 Å². The lowest BCUT2D eigenvalue weighted by Gasteiger charge is -2.16. The van der Waals surface area contributed by atoms with Crippen LogP contribution in [-0.4, -0.2) is 9.78 Å². The first-order chi connectivity index (χ1) is 6.69. The van der Waals surface area contributed by atoms with Gasteiger partial charge in [-0.25, -0.2) is 0 Å². The van der Waals surface area contributed by atoms with Crippen LogP contribution in [0.25, 0.3) is 0 Å². The molecule has 1 heterocycles. The molecule has 1 aromatic rings. The van der Waals surface area contributed by atoms with Gasteiger partial charge in [0.2, 0.25) is 0 Å². The quantitative estimate of drug-likeness (QED) is 0.734. The summed E-state index contributed by atoms with van der Waals surface area (Å²) in [4.78, 5) is 0. The molecule has 0 aliphatic heterocycles. The van der Waals surface area contributed by atoms with Crippen LogP contribution in [-0.2, 0) is 6.54 Å². The van der Waals surface area contributed by atoms with E-state index >= 15 is 0 Å². The number of nitrogens with zero attached hydrogens (tertiary/aromatic N) is 3. The smallest absolute Gasteiger partial charge is 0.128 e. The highest BCUT2D eigenvalue weighted by molar-refractivity contribution is 5.12. The van der Waals surface area contributed by atoms with Crippen molar-refractivity contribution in [3.8, 4) is 6.07 Å². The SMILES string of the molecule is CC[C@H](c1cnn(CC#N)c1)C(C)C. The van der Waals surface area contributed by atoms with Crippen molar-refractivity contribution in [1.29, 1.82) is 5.26 Å². The number of nitriles is 1. The molecule has 0 amide bonds. The third-order valence-corrected chi connectivity index (χ3v) is 2.56. The molecule has 0 radical (unpaired) electrons. The van der Waals surface area contributed by atoms with E-state index in [1.54, 1.807) is 4.68 Å². The number of hydrogen-bond acceptors (Lipinski definition) is 2. The van der Waals surface area contributed by atoms with E-state index in [9.17, 15) is 0 Å². The molecule has 0 aliphatic rings. The molecule has 14 heavy (non-hydrogen) atoms. The Morgan fingerprint density at radius 1 is 1.57 bits per heavy atom. The van der Waals surface area contributed by atoms with Crippen LogP contribution in [0.15, 0.2) is 12.4 Å². The summed E-state index contributed by atoms with van der Waals surface area (Å²) in [5.41, 5.74) is 1.25. The van der Waals surface area contributed by atoms with Gasteiger partial charge in [0, 0.05) is 6.20 Å². The lowest BCUT2D eigenvalue weighted by molar-refractivity contribution is 0.485. The van der Waals surface area contributed by atoms with E-state index in [1.807, 2.05) is 12.4 Å². The largest absolute Gasteiger partial charge is 0.258 e. The molecule has 0 spiro atoms. The summed E-state index contributed by atoms with van der Waals surface area (Å²) in [7, 11) is 0. The summed E-state index contributed by atoms with van der Waals surface area (Å²) in [6.07, 6.45) is 4.98. The van der Waals surface area contributed by atoms with Gasteiger partial charge in [-0.1, -0.05) is 20.8 Å². The molecular weight excluding hydrogens is 174 g/mol. The summed E-state index contributed by atoms with van der Waals surface area (Å²) in [6, 6.07) is 2.08. The Hall–Kier alpha value is -1.30. The second-order valence-corrected chi connectivity index (χ2v) is 3.89. The van der Waals surface area contributed by atoms with Crippen LogP contribution >= 0.6 is 0 Å². The maximum atomic E-state index is 8.52. The molecule has 3 nitrogen and oxygen atoms in total. The van der Waals surface area contributed by atoms with Gasteiger partial charge in [-0.05, 0) is 23.8 Å². The van der Waals surface area contributed by atoms with E-state index in [0.717, 1.165) is 6.42 Å². The molecule has 0 aliphatic carbocycles. The predicted octanol–water partition coefficient (Wildman–Crippen LogP) is 2.56. The van der Waals surface area contributed by atoms with Crippen molar-refractivity contribution in [2.75, 3.05) is 0 Å². The van der Waals surface area contributed by atoms with E-state index in [1.165, 1.54) is 5.56 Å². The van der Waals surface area contributed by atoms with Crippen LogP contribution in [0.4, 0.5) is 0 Å². The summed E-state index contributed by atoms with van der Waals surface area (Å²) in [5, 5.41) is 12.7. The highest BCUT2D eigenvalue weighted by atomic mass is 15.3. The molecule has 1 rings (SSSR count). The second-order valence-electron chi connectivity index (χ2n) is 3.89. The van der Waals surface area contributed by atoms with E-state index in [2.05, 4.69) is 31.9 Å². The van der Waals surface area contributed by atoms with E-state index < -0.39 is 0 Å². The molecule has 0 N–H and O–H groups in total. The van der Waals surface area contributed by atoms with Gasteiger partial charge in [0.25, 0.3) is 0 Å². The lowest BCUT2D eigenvalue weighted by atomic mass is 9.88. The first-order valence-corrected chi connectivity index (χ1v) is 5.08. The Bertz CT molecular complexity index is 320. The molecule has 1 atom stereocenters. The minimum Gasteiger partial charge on any atom is -0.258 e. The zero-order valence-corrected chi connectivity index (χ0v) is 9.07. The van der Waals surface area contributed by atoms with Gasteiger partial charge < -0.3 is 0 Å². The van der Waals surface area contributed by atoms with Crippen LogP contribution in [0.1, 0.15) is 38.7 Å². The fraction of sp³-hybridized carbons (Fsp3) is 0.636. The van der Waals surface area contributed by atoms with Crippen molar-refractivity contribution in [2.45, 2.75) is 39.7 Å². The molecule has 0 saturated heterocycles. The molecule has 0 saturated carbocycles. The van der Waals surface area contributed by atoms with Crippen LogP contribution in [0.3, 0.4) is 0 Å². The zero-order valence-electron chi connectivity index (χ0n) is 9.07. The average Bonchev–Trinajstić information content (AvgIpc) is 2.54. The van der Waals surface area contributed by atoms with Gasteiger partial charge in [-0.3, -0.25) is 4.68 Å². The van der Waals surface area contributed by atoms with E-state index in [0.29, 0.717) is 18.4 Å². The monoisotopic (exact) mass is 191 g/mol. The Kier molecular flexibility index (Phi) is 3.70. The molecule has 76 valence electrons. The molecule has 0 bridgehead atoms. The Labute approximate surface area is 85.4 Å². The first-order valence-electron chi connectivity index (χ1n) is 5.08. The van der Waals surface area contributed by atoms with Crippen molar-refractivity contribution in [1.82, 2.24) is 9.78 Å². The summed E-state index contributed by atoms with van der Waals surface area (Å²) >= 11 is 0. The van der Waals surface area contributed by atoms with Gasteiger partial charge in [-0.2, -0.15) is 10.4 Å². The maximum Gasteiger partial charge on any atom is 0.128 e. The third kappa shape index (κ3) is 2.35. The molecule has 0 unspecified atom stereocenters. The minimum atomic E-state index is 0.342. The van der Waals surface area contributed by atoms with Gasteiger partial charge in [-0.15, -0.1) is 0 Å². The van der Waals surface area contributed by atoms with E-state index in [4.69, 9.17) is 5.26 Å². The van der Waals surface area contributed by atoms with Crippen LogP contribution < -0.4 is 0 Å². The zero-order chi connectivity index (χ0) is 10.6. The topological polar surface area (TPSA) is 41.6 Å². The fourth-order valence-corrected chi connectivity index (χ4v) is 1.82. The highest BCUT2D eigenvalue weighted by Crippen LogP contribution is 2.26. The normalized spacial score (nSPS) is 12.8. The lowest BCUT2D eigenvalue weighted by Crippen LogP contribution is -2.04. The predicted molar refractivity (Wildman–Crippen MR) is 55.7 cm³/mol. The van der Waals surface area contributed by atoms with Crippen molar-refractivity contribution in [3.05, 3.63) is 18.0 Å². The Balaban J connectivity index is 2.79. The summed E-state index contributed by atoms with van der Waals surface area (Å²) in [6.45, 7) is 6.96. The molecule has 1 aromatic heterocycles. The van der Waals surface area contributed by atoms with Gasteiger partial charge >= 0.3 is 0 Å². The Morgan fingerprint density at radius 3 is 2.79 bits per heavy atom. The number of aromatic nitrogens is 2. The average molecular weight is 191 g/mol. The molecule has 3 heteroatoms. The first kappa shape index (κ1) is 10.8. The minimum absolute atomic E-state index is 0.342. The van der Waals surface area contributed by atoms with Crippen LogP contribution in [0, 0.1) is 17.2 Å². The van der Waals surface area contributed by atoms with Gasteiger partial charge in [0.05, 0.1) is 12.3 Å². The van der Waals surface area contributed by atoms with Crippen molar-refractivity contribution >= 4 is 0 Å². The standard InChI is InChI=1S/C11H17N3/c1-4-11(9(2)3)10-7-13-14(8-10)6-5-12/h7-9,11H,4,6H2,1-3H3/t11-/m0/s1. The molecular formula is C11H17N3. The number of hydrogen-bond donors (Lipinski definition) is 0. The van der Waals surface area contributed by atoms with Gasteiger partial charge in [0.15, 0.2) is 0 Å². The summed E-state index contributed by atoms with van der Waals surface area (Å²) < 4.78 is 1.69. The van der Waals surface area contributed by atoms with Crippen molar-refractivity contribution in [3.63, 3.8) is 0 Å². The Morgan fingerprint density at radius 2 is 2.29 bits per heavy atom. The maximum absolute atomic E-state index is 8.52.